The van der Waals surface area contributed by atoms with Crippen molar-refractivity contribution in [1.82, 2.24) is 51.7 Å². The van der Waals surface area contributed by atoms with E-state index in [-0.39, 0.29) is 51.5 Å². The van der Waals surface area contributed by atoms with E-state index in [0.29, 0.717) is 61.3 Å². The minimum Gasteiger partial charge on any atom is -0.460 e. The molecule has 4 fully saturated rings. The van der Waals surface area contributed by atoms with Gasteiger partial charge in [-0.25, -0.2) is 25.2 Å². The molecule has 2 aromatic heterocycles. The summed E-state index contributed by atoms with van der Waals surface area (Å²) < 4.78 is 43.4. The van der Waals surface area contributed by atoms with Gasteiger partial charge < -0.3 is 58.7 Å². The van der Waals surface area contributed by atoms with E-state index in [2.05, 4.69) is 26.8 Å². The highest BCUT2D eigenvalue weighted by molar-refractivity contribution is 6.67. The first-order valence-electron chi connectivity index (χ1n) is 33.5. The van der Waals surface area contributed by atoms with Gasteiger partial charge >= 0.3 is 24.0 Å². The number of nitrogens with zero attached hydrogens (tertiary/aromatic N) is 5. The van der Waals surface area contributed by atoms with E-state index < -0.39 is 129 Å². The number of rotatable bonds is 13. The monoisotopic (exact) mass is 1450 g/mol. The number of carbonyl (C=O) groups excluding carboxylic acids is 9. The summed E-state index contributed by atoms with van der Waals surface area (Å²) in [7, 11) is 1.73. The summed E-state index contributed by atoms with van der Waals surface area (Å²) in [4.78, 5) is 131. The highest BCUT2D eigenvalue weighted by Crippen LogP contribution is 2.31. The second kappa shape index (κ2) is 33.9. The van der Waals surface area contributed by atoms with Gasteiger partial charge in [-0.1, -0.05) is 111 Å². The Morgan fingerprint density at radius 3 is 2.12 bits per heavy atom. The molecular weight excluding hydrogens is 1360 g/mol. The van der Waals surface area contributed by atoms with E-state index in [9.17, 15) is 43.2 Å². The zero-order valence-corrected chi connectivity index (χ0v) is 60.6. The number of hydrogen-bond donors (Lipinski definition) is 5. The molecule has 5 aliphatic heterocycles. The van der Waals surface area contributed by atoms with Crippen molar-refractivity contribution in [3.8, 4) is 0 Å². The number of alkyl halides is 3. The molecule has 9 rings (SSSR count). The molecule has 1 spiro atoms. The largest absolute Gasteiger partial charge is 0.460 e. The van der Waals surface area contributed by atoms with Crippen molar-refractivity contribution >= 4 is 122 Å². The molecule has 6 amide bonds. The number of fused-ring (bicyclic) bond motifs is 5. The number of nitrogens with one attached hydrogen (secondary N) is 5. The first-order chi connectivity index (χ1) is 47.1. The van der Waals surface area contributed by atoms with Crippen molar-refractivity contribution < 1.29 is 81.0 Å². The number of aromatic nitrogens is 2. The van der Waals surface area contributed by atoms with E-state index in [1.165, 1.54) is 23.0 Å². The molecule has 0 aliphatic carbocycles. The molecule has 5 N–H and O–H groups in total. The van der Waals surface area contributed by atoms with Gasteiger partial charge in [-0.2, -0.15) is 0 Å². The molecule has 2 unspecified atom stereocenters. The quantitative estimate of drug-likeness (QED) is 0.0500. The molecule has 5 aliphatic rings. The standard InChI is InChI=1S/C38H50Cl3N5O10.C32H41N5O7/c1-22(2)30(31(47)42-24(4)32(48)46-16-8-9-28(45-46)33(49)53-21-38(39,40)41)55-34(50)37(20-52-17-18-54-37)15-14-25-10-11-26-12-13-27(44-29(26)19-25)23(3)43-35(51)56-36(5,6)7;1-19(2)27-28(38)33-20(3)29(39)37-14-6-7-25(35-37)30(40)36(5)21(4)24-11-10-23-9-8-22(17-26(23)34-24)12-13-32(31(41)44-27)18-42-15-16-43-32/h10-15,19,22-24,28,30,45H,8-9,16-18,20-21H2,1-7H3,(H,42,47)(H,43,51);8-13,17,19-21,25,27,35H,6-7,14-16,18H2,1-5H3,(H,33,38)/b15-14+;13-12+/t23-,24+,28+,30+,37?;20-,21+,25-,27-,32?/m10/s1. The zero-order chi connectivity index (χ0) is 73.0. The predicted molar refractivity (Wildman–Crippen MR) is 371 cm³/mol. The van der Waals surface area contributed by atoms with Gasteiger partial charge in [-0.15, -0.1) is 0 Å². The number of pyridine rings is 2. The van der Waals surface area contributed by atoms with Gasteiger partial charge in [0.25, 0.3) is 23.6 Å². The van der Waals surface area contributed by atoms with E-state index in [1.54, 1.807) is 92.5 Å². The second-order valence-electron chi connectivity index (χ2n) is 27.1. The molecule has 4 aromatic rings. The highest BCUT2D eigenvalue weighted by Gasteiger charge is 2.47. The molecule has 0 radical (unpaired) electrons. The molecule has 10 atom stereocenters. The van der Waals surface area contributed by atoms with Crippen LogP contribution in [0.5, 0.6) is 0 Å². The topological polar surface area (TPSA) is 323 Å². The number of amides is 6. The smallest absolute Gasteiger partial charge is 0.408 e. The van der Waals surface area contributed by atoms with Gasteiger partial charge in [0, 0.05) is 30.9 Å². The molecule has 4 saturated heterocycles. The number of hydrazine groups is 2. The van der Waals surface area contributed by atoms with Crippen LogP contribution in [-0.4, -0.2) is 202 Å². The molecule has 27 nitrogen and oxygen atoms in total. The molecule has 7 heterocycles. The van der Waals surface area contributed by atoms with Crippen LogP contribution in [-0.2, 0) is 76.3 Å². The lowest BCUT2D eigenvalue weighted by Crippen LogP contribution is -2.61. The Morgan fingerprint density at radius 1 is 0.790 bits per heavy atom. The number of carbonyl (C=O) groups is 9. The molecule has 0 saturated carbocycles. The molecule has 100 heavy (non-hydrogen) atoms. The van der Waals surface area contributed by atoms with E-state index in [1.807, 2.05) is 67.6 Å². The van der Waals surface area contributed by atoms with Gasteiger partial charge in [0.05, 0.1) is 74.1 Å². The predicted octanol–water partition coefficient (Wildman–Crippen LogP) is 7.24. The van der Waals surface area contributed by atoms with Crippen LogP contribution in [0.15, 0.2) is 72.8 Å². The summed E-state index contributed by atoms with van der Waals surface area (Å²) in [5.41, 5.74) is 6.15. The van der Waals surface area contributed by atoms with Crippen LogP contribution < -0.4 is 26.8 Å². The number of esters is 3. The fourth-order valence-electron chi connectivity index (χ4n) is 11.4. The summed E-state index contributed by atoms with van der Waals surface area (Å²) in [6, 6.07) is 14.6. The third-order valence-corrected chi connectivity index (χ3v) is 17.4. The third-order valence-electron chi connectivity index (χ3n) is 17.1. The highest BCUT2D eigenvalue weighted by atomic mass is 35.6. The number of likely N-dealkylation sites (N-methyl/N-ethyl adjacent to an activating group) is 1. The maximum absolute atomic E-state index is 13.9. The molecule has 30 heteroatoms. The fraction of sp³-hybridized carbons (Fsp3) is 0.557. The lowest BCUT2D eigenvalue weighted by molar-refractivity contribution is -0.195. The Hall–Kier alpha value is -7.60. The average Bonchev–Trinajstić information content (AvgIpc) is 0.865. The van der Waals surface area contributed by atoms with Crippen LogP contribution in [0.3, 0.4) is 0 Å². The summed E-state index contributed by atoms with van der Waals surface area (Å²) in [6.45, 7) is 19.8. The van der Waals surface area contributed by atoms with Gasteiger partial charge in [-0.3, -0.25) is 48.8 Å². The van der Waals surface area contributed by atoms with Gasteiger partial charge in [-0.05, 0) is 134 Å². The van der Waals surface area contributed by atoms with Crippen molar-refractivity contribution in [2.75, 3.05) is 66.4 Å². The lowest BCUT2D eigenvalue weighted by Gasteiger charge is -2.37. The van der Waals surface area contributed by atoms with E-state index in [4.69, 9.17) is 82.7 Å². The number of alkyl carbamates (subject to hydrolysis) is 1. The summed E-state index contributed by atoms with van der Waals surface area (Å²) in [5.74, 6) is -5.60. The molecule has 2 aromatic carbocycles. The fourth-order valence-corrected chi connectivity index (χ4v) is 11.5. The third kappa shape index (κ3) is 20.6. The van der Waals surface area contributed by atoms with E-state index >= 15 is 0 Å². The Morgan fingerprint density at radius 2 is 1.46 bits per heavy atom. The summed E-state index contributed by atoms with van der Waals surface area (Å²) >= 11 is 17.0. The number of benzene rings is 2. The number of halogens is 3. The van der Waals surface area contributed by atoms with Gasteiger partial charge in [0.2, 0.25) is 20.9 Å². The van der Waals surface area contributed by atoms with Crippen LogP contribution in [0.2, 0.25) is 0 Å². The van der Waals surface area contributed by atoms with Crippen LogP contribution in [0.25, 0.3) is 34.0 Å². The first kappa shape index (κ1) is 78.1. The SMILES string of the molecule is CC(C)[C@@H]1OC(=O)C2(/C=C/c3ccc4ccc(nc4c3)[C@@H](C)N(C)C(=O)[C@@H]3CCCN(N3)C(=O)[C@H](C)NC1=O)COCCO2.CC(C)[C@H](OC(=O)C1(/C=C/c2ccc3ccc([C@@H](C)NC(=O)OC(C)(C)C)nc3c2)COCCO1)C(=O)N[C@@H](C)C(=O)N1CCC[C@@H](C(=O)OCC(Cl)(Cl)Cl)N1. The Balaban J connectivity index is 0.000000261. The summed E-state index contributed by atoms with van der Waals surface area (Å²) in [5, 5.41) is 12.5. The molecule has 544 valence electrons. The average molecular weight is 1450 g/mol. The normalized spacial score (nSPS) is 24.9. The second-order valence-corrected chi connectivity index (χ2v) is 29.6. The van der Waals surface area contributed by atoms with Crippen molar-refractivity contribution in [1.29, 1.82) is 0 Å². The van der Waals surface area contributed by atoms with Crippen molar-refractivity contribution in [3.63, 3.8) is 0 Å². The van der Waals surface area contributed by atoms with E-state index in [0.717, 1.165) is 21.9 Å². The summed E-state index contributed by atoms with van der Waals surface area (Å²) in [6.07, 6.45) is 5.53. The maximum atomic E-state index is 13.9. The Labute approximate surface area is 596 Å². The van der Waals surface area contributed by atoms with Gasteiger partial charge in [0.15, 0.2) is 12.2 Å². The van der Waals surface area contributed by atoms with Gasteiger partial charge in [0.1, 0.15) is 36.4 Å². The van der Waals surface area contributed by atoms with Crippen LogP contribution in [0.4, 0.5) is 4.79 Å². The molecule has 5 bridgehead atoms. The zero-order valence-electron chi connectivity index (χ0n) is 58.4. The van der Waals surface area contributed by atoms with Crippen molar-refractivity contribution in [2.45, 2.75) is 171 Å². The Bertz CT molecular complexity index is 3700. The number of hydrogen-bond acceptors (Lipinski definition) is 21. The first-order valence-corrected chi connectivity index (χ1v) is 34.6. The molecular formula is C70H91Cl3N10O17. The minimum atomic E-state index is -1.79. The van der Waals surface area contributed by atoms with Crippen LogP contribution >= 0.6 is 34.8 Å². The minimum absolute atomic E-state index is 0.0840. The van der Waals surface area contributed by atoms with Crippen LogP contribution in [0, 0.1) is 11.8 Å². The van der Waals surface area contributed by atoms with Crippen molar-refractivity contribution in [2.24, 2.45) is 11.8 Å². The number of cyclic esters (lactones) is 1. The Kier molecular flexibility index (Phi) is 26.5. The number of ether oxygens (including phenoxy) is 8. The van der Waals surface area contributed by atoms with Crippen molar-refractivity contribution in [3.05, 3.63) is 95.3 Å². The lowest BCUT2D eigenvalue weighted by atomic mass is 10.0. The van der Waals surface area contributed by atoms with Crippen LogP contribution in [0.1, 0.15) is 136 Å². The maximum Gasteiger partial charge on any atom is 0.408 e.